The molecule has 0 saturated carbocycles. The first-order chi connectivity index (χ1) is 9.20. The molecular formula is C14H13BrN4. The molecule has 5 heteroatoms. The molecule has 0 amide bonds. The molecule has 96 valence electrons. The van der Waals surface area contributed by atoms with Crippen molar-refractivity contribution in [2.24, 2.45) is 0 Å². The van der Waals surface area contributed by atoms with Crippen molar-refractivity contribution in [1.82, 2.24) is 14.6 Å². The minimum atomic E-state index is 0.647. The van der Waals surface area contributed by atoms with Crippen LogP contribution in [0.1, 0.15) is 11.1 Å². The van der Waals surface area contributed by atoms with E-state index in [1.54, 1.807) is 4.52 Å². The monoisotopic (exact) mass is 316 g/mol. The standard InChI is InChI=1S/C14H13BrN4/c1-10-2-7-13-17-14(18-19(13)9-10)16-8-11-3-5-12(15)6-4-11/h2-7,9H,8H2,1H3,(H,16,18). The summed E-state index contributed by atoms with van der Waals surface area (Å²) < 4.78 is 2.87. The van der Waals surface area contributed by atoms with Crippen LogP contribution in [0.3, 0.4) is 0 Å². The van der Waals surface area contributed by atoms with Crippen LogP contribution in [-0.4, -0.2) is 14.6 Å². The summed E-state index contributed by atoms with van der Waals surface area (Å²) in [5, 5.41) is 7.62. The lowest BCUT2D eigenvalue weighted by Crippen LogP contribution is -2.01. The number of halogens is 1. The van der Waals surface area contributed by atoms with Crippen molar-refractivity contribution in [1.29, 1.82) is 0 Å². The van der Waals surface area contributed by atoms with Crippen LogP contribution in [0.4, 0.5) is 5.95 Å². The zero-order valence-electron chi connectivity index (χ0n) is 10.5. The summed E-state index contributed by atoms with van der Waals surface area (Å²) in [6, 6.07) is 12.2. The first-order valence-electron chi connectivity index (χ1n) is 6.02. The number of pyridine rings is 1. The van der Waals surface area contributed by atoms with E-state index in [1.165, 1.54) is 5.56 Å². The fraction of sp³-hybridized carbons (Fsp3) is 0.143. The van der Waals surface area contributed by atoms with Crippen molar-refractivity contribution in [2.45, 2.75) is 13.5 Å². The van der Waals surface area contributed by atoms with Gasteiger partial charge in [0.15, 0.2) is 5.65 Å². The van der Waals surface area contributed by atoms with Crippen LogP contribution in [0.25, 0.3) is 5.65 Å². The number of hydrogen-bond acceptors (Lipinski definition) is 3. The summed E-state index contributed by atoms with van der Waals surface area (Å²) in [5.74, 6) is 0.647. The van der Waals surface area contributed by atoms with Gasteiger partial charge < -0.3 is 5.32 Å². The molecule has 3 aromatic rings. The van der Waals surface area contributed by atoms with E-state index in [-0.39, 0.29) is 0 Å². The minimum absolute atomic E-state index is 0.647. The summed E-state index contributed by atoms with van der Waals surface area (Å²) in [4.78, 5) is 4.42. The maximum absolute atomic E-state index is 4.42. The van der Waals surface area contributed by atoms with Gasteiger partial charge in [-0.1, -0.05) is 34.1 Å². The number of fused-ring (bicyclic) bond motifs is 1. The van der Waals surface area contributed by atoms with Gasteiger partial charge in [-0.25, -0.2) is 4.52 Å². The fourth-order valence-electron chi connectivity index (χ4n) is 1.84. The van der Waals surface area contributed by atoms with Gasteiger partial charge in [-0.2, -0.15) is 4.98 Å². The van der Waals surface area contributed by atoms with E-state index in [1.807, 2.05) is 37.4 Å². The molecule has 0 fully saturated rings. The number of nitrogens with zero attached hydrogens (tertiary/aromatic N) is 3. The lowest BCUT2D eigenvalue weighted by Gasteiger charge is -2.01. The second-order valence-corrected chi connectivity index (χ2v) is 5.34. The van der Waals surface area contributed by atoms with Gasteiger partial charge in [0.05, 0.1) is 0 Å². The topological polar surface area (TPSA) is 42.2 Å². The average Bonchev–Trinajstić information content (AvgIpc) is 2.80. The Morgan fingerprint density at radius 3 is 2.74 bits per heavy atom. The van der Waals surface area contributed by atoms with E-state index in [0.717, 1.165) is 15.7 Å². The second-order valence-electron chi connectivity index (χ2n) is 4.42. The molecule has 19 heavy (non-hydrogen) atoms. The van der Waals surface area contributed by atoms with Crippen LogP contribution in [0.2, 0.25) is 0 Å². The molecule has 4 nitrogen and oxygen atoms in total. The molecule has 0 aliphatic rings. The van der Waals surface area contributed by atoms with Gasteiger partial charge in [0.2, 0.25) is 5.95 Å². The second kappa shape index (κ2) is 5.01. The number of benzene rings is 1. The van der Waals surface area contributed by atoms with E-state index >= 15 is 0 Å². The predicted octanol–water partition coefficient (Wildman–Crippen LogP) is 3.41. The SMILES string of the molecule is Cc1ccc2nc(NCc3ccc(Br)cc3)nn2c1. The zero-order valence-corrected chi connectivity index (χ0v) is 12.1. The Kier molecular flexibility index (Phi) is 3.21. The van der Waals surface area contributed by atoms with Gasteiger partial charge >= 0.3 is 0 Å². The van der Waals surface area contributed by atoms with Crippen molar-refractivity contribution in [3.05, 3.63) is 58.2 Å². The average molecular weight is 317 g/mol. The maximum atomic E-state index is 4.42. The molecule has 0 unspecified atom stereocenters. The van der Waals surface area contributed by atoms with Crippen LogP contribution >= 0.6 is 15.9 Å². The van der Waals surface area contributed by atoms with E-state index in [4.69, 9.17) is 0 Å². The molecule has 0 aliphatic heterocycles. The molecule has 0 spiro atoms. The fourth-order valence-corrected chi connectivity index (χ4v) is 2.11. The smallest absolute Gasteiger partial charge is 0.243 e. The van der Waals surface area contributed by atoms with Gasteiger partial charge in [-0.05, 0) is 36.2 Å². The lowest BCUT2D eigenvalue weighted by atomic mass is 10.2. The molecular weight excluding hydrogens is 304 g/mol. The zero-order chi connectivity index (χ0) is 13.2. The Bertz CT molecular complexity index is 703. The molecule has 3 rings (SSSR count). The largest absolute Gasteiger partial charge is 0.349 e. The van der Waals surface area contributed by atoms with Gasteiger partial charge in [-0.3, -0.25) is 0 Å². The van der Waals surface area contributed by atoms with Crippen LogP contribution in [-0.2, 0) is 6.54 Å². The molecule has 1 aromatic carbocycles. The minimum Gasteiger partial charge on any atom is -0.349 e. The third kappa shape index (κ3) is 2.76. The summed E-state index contributed by atoms with van der Waals surface area (Å²) in [6.45, 7) is 2.75. The number of aryl methyl sites for hydroxylation is 1. The first-order valence-corrected chi connectivity index (χ1v) is 6.81. The third-order valence-electron chi connectivity index (χ3n) is 2.84. The van der Waals surface area contributed by atoms with Gasteiger partial charge in [0.25, 0.3) is 0 Å². The number of hydrogen-bond donors (Lipinski definition) is 1. The number of aromatic nitrogens is 3. The Labute approximate surface area is 119 Å². The number of anilines is 1. The molecule has 0 aliphatic carbocycles. The quantitative estimate of drug-likeness (QED) is 0.805. The normalized spacial score (nSPS) is 10.8. The van der Waals surface area contributed by atoms with Gasteiger partial charge in [0.1, 0.15) is 0 Å². The molecule has 2 aromatic heterocycles. The van der Waals surface area contributed by atoms with Crippen LogP contribution in [0.5, 0.6) is 0 Å². The van der Waals surface area contributed by atoms with Crippen molar-refractivity contribution in [3.63, 3.8) is 0 Å². The van der Waals surface area contributed by atoms with Gasteiger partial charge in [0, 0.05) is 17.2 Å². The summed E-state index contributed by atoms with van der Waals surface area (Å²) >= 11 is 3.42. The van der Waals surface area contributed by atoms with Crippen LogP contribution in [0.15, 0.2) is 47.1 Å². The van der Waals surface area contributed by atoms with E-state index in [0.29, 0.717) is 12.5 Å². The highest BCUT2D eigenvalue weighted by atomic mass is 79.9. The Hall–Kier alpha value is -1.88. The third-order valence-corrected chi connectivity index (χ3v) is 3.37. The lowest BCUT2D eigenvalue weighted by molar-refractivity contribution is 0.942. The van der Waals surface area contributed by atoms with Crippen molar-refractivity contribution < 1.29 is 0 Å². The summed E-state index contributed by atoms with van der Waals surface area (Å²) in [6.07, 6.45) is 1.97. The highest BCUT2D eigenvalue weighted by Gasteiger charge is 2.02. The molecule has 2 heterocycles. The number of rotatable bonds is 3. The molecule has 0 bridgehead atoms. The summed E-state index contributed by atoms with van der Waals surface area (Å²) in [5.41, 5.74) is 3.21. The molecule has 0 saturated heterocycles. The Balaban J connectivity index is 1.76. The first kappa shape index (κ1) is 12.2. The van der Waals surface area contributed by atoms with Crippen LogP contribution < -0.4 is 5.32 Å². The highest BCUT2D eigenvalue weighted by Crippen LogP contribution is 2.12. The number of nitrogens with one attached hydrogen (secondary N) is 1. The summed E-state index contributed by atoms with van der Waals surface area (Å²) in [7, 11) is 0. The van der Waals surface area contributed by atoms with Gasteiger partial charge in [-0.15, -0.1) is 5.10 Å². The Morgan fingerprint density at radius 2 is 1.95 bits per heavy atom. The predicted molar refractivity (Wildman–Crippen MR) is 79.2 cm³/mol. The molecule has 0 atom stereocenters. The molecule has 0 radical (unpaired) electrons. The highest BCUT2D eigenvalue weighted by molar-refractivity contribution is 9.10. The van der Waals surface area contributed by atoms with Crippen molar-refractivity contribution >= 4 is 27.5 Å². The molecule has 1 N–H and O–H groups in total. The van der Waals surface area contributed by atoms with Crippen molar-refractivity contribution in [3.8, 4) is 0 Å². The van der Waals surface area contributed by atoms with Crippen molar-refractivity contribution in [2.75, 3.05) is 5.32 Å². The van der Waals surface area contributed by atoms with Crippen LogP contribution in [0, 0.1) is 6.92 Å². The maximum Gasteiger partial charge on any atom is 0.243 e. The van der Waals surface area contributed by atoms with E-state index in [9.17, 15) is 0 Å². The van der Waals surface area contributed by atoms with E-state index < -0.39 is 0 Å². The Morgan fingerprint density at radius 1 is 1.16 bits per heavy atom. The van der Waals surface area contributed by atoms with E-state index in [2.05, 4.69) is 43.5 Å².